The van der Waals surface area contributed by atoms with Crippen molar-refractivity contribution in [2.45, 2.75) is 37.8 Å². The van der Waals surface area contributed by atoms with Crippen LogP contribution in [0.15, 0.2) is 30.3 Å². The Morgan fingerprint density at radius 3 is 2.70 bits per heavy atom. The van der Waals surface area contributed by atoms with E-state index in [4.69, 9.17) is 5.73 Å². The van der Waals surface area contributed by atoms with Gasteiger partial charge in [0.1, 0.15) is 0 Å². The molecule has 6 heteroatoms. The molecular formula is C14H20N6. The average Bonchev–Trinajstić information content (AvgIpc) is 2.97. The molecule has 0 aliphatic heterocycles. The molecule has 2 N–H and O–H groups in total. The highest BCUT2D eigenvalue weighted by Crippen LogP contribution is 2.25. The van der Waals surface area contributed by atoms with E-state index in [9.17, 15) is 0 Å². The predicted octanol–water partition coefficient (Wildman–Crippen LogP) is 1.37. The van der Waals surface area contributed by atoms with Gasteiger partial charge in [-0.1, -0.05) is 36.1 Å². The van der Waals surface area contributed by atoms with E-state index in [0.29, 0.717) is 6.04 Å². The SMILES string of the molecule is CN(c1nnnn1-c1ccccc1)C1CCCCC1N. The number of nitrogens with zero attached hydrogens (tertiary/aromatic N) is 5. The van der Waals surface area contributed by atoms with Crippen LogP contribution in [-0.2, 0) is 0 Å². The van der Waals surface area contributed by atoms with Gasteiger partial charge in [0.15, 0.2) is 0 Å². The van der Waals surface area contributed by atoms with Gasteiger partial charge in [-0.15, -0.1) is 0 Å². The van der Waals surface area contributed by atoms with E-state index in [2.05, 4.69) is 20.4 Å². The zero-order valence-corrected chi connectivity index (χ0v) is 11.7. The van der Waals surface area contributed by atoms with Gasteiger partial charge < -0.3 is 10.6 Å². The molecule has 1 fully saturated rings. The summed E-state index contributed by atoms with van der Waals surface area (Å²) in [5, 5.41) is 12.1. The van der Waals surface area contributed by atoms with Gasteiger partial charge in [0.05, 0.1) is 5.69 Å². The Hall–Kier alpha value is -1.95. The number of aromatic nitrogens is 4. The maximum absolute atomic E-state index is 6.26. The van der Waals surface area contributed by atoms with Crippen molar-refractivity contribution in [1.29, 1.82) is 0 Å². The Balaban J connectivity index is 1.89. The van der Waals surface area contributed by atoms with E-state index < -0.39 is 0 Å². The van der Waals surface area contributed by atoms with Crippen molar-refractivity contribution >= 4 is 5.95 Å². The summed E-state index contributed by atoms with van der Waals surface area (Å²) in [5.74, 6) is 0.749. The van der Waals surface area contributed by atoms with Crippen molar-refractivity contribution in [2.75, 3.05) is 11.9 Å². The number of anilines is 1. The Bertz CT molecular complexity index is 552. The maximum Gasteiger partial charge on any atom is 0.250 e. The summed E-state index contributed by atoms with van der Waals surface area (Å²) >= 11 is 0. The Morgan fingerprint density at radius 2 is 1.95 bits per heavy atom. The molecule has 0 saturated heterocycles. The summed E-state index contributed by atoms with van der Waals surface area (Å²) in [6, 6.07) is 10.4. The van der Waals surface area contributed by atoms with Gasteiger partial charge >= 0.3 is 0 Å². The fraction of sp³-hybridized carbons (Fsp3) is 0.500. The third-order valence-electron chi connectivity index (χ3n) is 4.05. The predicted molar refractivity (Wildman–Crippen MR) is 77.8 cm³/mol. The van der Waals surface area contributed by atoms with E-state index in [1.807, 2.05) is 37.4 Å². The highest BCUT2D eigenvalue weighted by atomic mass is 15.6. The third kappa shape index (κ3) is 2.38. The fourth-order valence-electron chi connectivity index (χ4n) is 2.91. The Labute approximate surface area is 118 Å². The lowest BCUT2D eigenvalue weighted by Gasteiger charge is -2.36. The first-order chi connectivity index (χ1) is 9.77. The van der Waals surface area contributed by atoms with Gasteiger partial charge in [-0.25, -0.2) is 0 Å². The molecule has 0 bridgehead atoms. The second-order valence-corrected chi connectivity index (χ2v) is 5.35. The van der Waals surface area contributed by atoms with Crippen molar-refractivity contribution in [2.24, 2.45) is 5.73 Å². The molecule has 1 aromatic heterocycles. The summed E-state index contributed by atoms with van der Waals surface area (Å²) in [5.41, 5.74) is 7.22. The lowest BCUT2D eigenvalue weighted by molar-refractivity contribution is 0.370. The zero-order chi connectivity index (χ0) is 13.9. The maximum atomic E-state index is 6.26. The van der Waals surface area contributed by atoms with Crippen LogP contribution in [0.25, 0.3) is 5.69 Å². The van der Waals surface area contributed by atoms with E-state index in [1.165, 1.54) is 12.8 Å². The number of nitrogens with two attached hydrogens (primary N) is 1. The molecule has 2 aromatic rings. The van der Waals surface area contributed by atoms with E-state index in [0.717, 1.165) is 24.5 Å². The smallest absolute Gasteiger partial charge is 0.250 e. The van der Waals surface area contributed by atoms with E-state index >= 15 is 0 Å². The van der Waals surface area contributed by atoms with Crippen molar-refractivity contribution in [1.82, 2.24) is 20.2 Å². The lowest BCUT2D eigenvalue weighted by Crippen LogP contribution is -2.48. The van der Waals surface area contributed by atoms with Gasteiger partial charge in [-0.05, 0) is 35.4 Å². The standard InChI is InChI=1S/C14H20N6/c1-19(13-10-6-5-9-12(13)15)14-16-17-18-20(14)11-7-3-2-4-8-11/h2-4,7-8,12-13H,5-6,9-10,15H2,1H3. The zero-order valence-electron chi connectivity index (χ0n) is 11.7. The molecule has 0 amide bonds. The second kappa shape index (κ2) is 5.58. The molecule has 1 aromatic carbocycles. The first kappa shape index (κ1) is 13.1. The summed E-state index contributed by atoms with van der Waals surface area (Å²) in [4.78, 5) is 2.12. The molecule has 2 unspecified atom stereocenters. The summed E-state index contributed by atoms with van der Waals surface area (Å²) in [7, 11) is 2.03. The van der Waals surface area contributed by atoms with Gasteiger partial charge in [0, 0.05) is 19.1 Å². The minimum atomic E-state index is 0.190. The monoisotopic (exact) mass is 272 g/mol. The molecule has 6 nitrogen and oxygen atoms in total. The Morgan fingerprint density at radius 1 is 1.20 bits per heavy atom. The number of tetrazole rings is 1. The number of rotatable bonds is 3. The molecule has 1 aliphatic carbocycles. The quantitative estimate of drug-likeness (QED) is 0.913. The highest BCUT2D eigenvalue weighted by Gasteiger charge is 2.28. The van der Waals surface area contributed by atoms with Crippen molar-refractivity contribution in [3.63, 3.8) is 0 Å². The second-order valence-electron chi connectivity index (χ2n) is 5.35. The van der Waals surface area contributed by atoms with Crippen LogP contribution >= 0.6 is 0 Å². The fourth-order valence-corrected chi connectivity index (χ4v) is 2.91. The van der Waals surface area contributed by atoms with Crippen molar-refractivity contribution in [3.8, 4) is 5.69 Å². The van der Waals surface area contributed by atoms with E-state index in [1.54, 1.807) is 4.68 Å². The average molecular weight is 272 g/mol. The number of hydrogen-bond acceptors (Lipinski definition) is 5. The molecule has 20 heavy (non-hydrogen) atoms. The van der Waals surface area contributed by atoms with Gasteiger partial charge in [0.25, 0.3) is 0 Å². The number of likely N-dealkylation sites (N-methyl/N-ethyl adjacent to an activating group) is 1. The van der Waals surface area contributed by atoms with Crippen LogP contribution in [-0.4, -0.2) is 39.3 Å². The molecule has 106 valence electrons. The molecule has 0 radical (unpaired) electrons. The van der Waals surface area contributed by atoms with Crippen molar-refractivity contribution < 1.29 is 0 Å². The number of hydrogen-bond donors (Lipinski definition) is 1. The molecule has 1 heterocycles. The van der Waals surface area contributed by atoms with E-state index in [-0.39, 0.29) is 6.04 Å². The van der Waals surface area contributed by atoms with Gasteiger partial charge in [-0.3, -0.25) is 0 Å². The number of benzene rings is 1. The van der Waals surface area contributed by atoms with Gasteiger partial charge in [-0.2, -0.15) is 4.68 Å². The van der Waals surface area contributed by atoms with Crippen LogP contribution in [0.4, 0.5) is 5.95 Å². The van der Waals surface area contributed by atoms with Crippen LogP contribution in [0.5, 0.6) is 0 Å². The third-order valence-corrected chi connectivity index (χ3v) is 4.05. The molecule has 1 aliphatic rings. The summed E-state index contributed by atoms with van der Waals surface area (Å²) in [6.07, 6.45) is 4.60. The topological polar surface area (TPSA) is 72.9 Å². The van der Waals surface area contributed by atoms with Crippen molar-refractivity contribution in [3.05, 3.63) is 30.3 Å². The molecule has 2 atom stereocenters. The first-order valence-corrected chi connectivity index (χ1v) is 7.09. The molecule has 1 saturated carbocycles. The minimum absolute atomic E-state index is 0.190. The summed E-state index contributed by atoms with van der Waals surface area (Å²) in [6.45, 7) is 0. The highest BCUT2D eigenvalue weighted by molar-refractivity contribution is 5.41. The Kier molecular flexibility index (Phi) is 3.64. The van der Waals surface area contributed by atoms with Crippen LogP contribution in [0, 0.1) is 0 Å². The molecule has 3 rings (SSSR count). The normalized spacial score (nSPS) is 22.7. The molecule has 0 spiro atoms. The first-order valence-electron chi connectivity index (χ1n) is 7.09. The van der Waals surface area contributed by atoms with Crippen LogP contribution in [0.2, 0.25) is 0 Å². The lowest BCUT2D eigenvalue weighted by atomic mass is 9.90. The van der Waals surface area contributed by atoms with Crippen LogP contribution in [0.3, 0.4) is 0 Å². The van der Waals surface area contributed by atoms with Crippen LogP contribution < -0.4 is 10.6 Å². The summed E-state index contributed by atoms with van der Waals surface area (Å²) < 4.78 is 1.77. The number of para-hydroxylation sites is 1. The van der Waals surface area contributed by atoms with Crippen LogP contribution in [0.1, 0.15) is 25.7 Å². The minimum Gasteiger partial charge on any atom is -0.338 e. The largest absolute Gasteiger partial charge is 0.338 e. The molecular weight excluding hydrogens is 252 g/mol. The van der Waals surface area contributed by atoms with Gasteiger partial charge in [0.2, 0.25) is 5.95 Å².